The van der Waals surface area contributed by atoms with Crippen molar-refractivity contribution in [3.63, 3.8) is 0 Å². The number of aryl methyl sites for hydroxylation is 1. The first-order valence-electron chi connectivity index (χ1n) is 6.76. The highest BCUT2D eigenvalue weighted by atomic mass is 16.6. The van der Waals surface area contributed by atoms with E-state index < -0.39 is 12.1 Å². The van der Waals surface area contributed by atoms with Gasteiger partial charge in [-0.2, -0.15) is 0 Å². The first kappa shape index (κ1) is 13.7. The number of fused-ring (bicyclic) bond motifs is 2. The van der Waals surface area contributed by atoms with E-state index in [9.17, 15) is 9.90 Å². The summed E-state index contributed by atoms with van der Waals surface area (Å²) in [6.07, 6.45) is -0.829. The van der Waals surface area contributed by atoms with E-state index in [-0.39, 0.29) is 13.0 Å². The molecule has 1 aromatic carbocycles. The zero-order chi connectivity index (χ0) is 15.0. The topological polar surface area (TPSA) is 93.8 Å². The summed E-state index contributed by atoms with van der Waals surface area (Å²) in [6, 6.07) is 3.54. The number of carbonyl (C=O) groups is 1. The second-order valence-electron chi connectivity index (χ2n) is 4.93. The van der Waals surface area contributed by atoms with Crippen LogP contribution in [0.3, 0.4) is 0 Å². The Bertz CT molecular complexity index is 692. The molecule has 0 fully saturated rings. The number of rotatable bonds is 4. The monoisotopic (exact) mass is 292 g/mol. The molecule has 1 aliphatic rings. The van der Waals surface area contributed by atoms with Gasteiger partial charge in [-0.3, -0.25) is 4.79 Å². The number of carboxylic acid groups (broad SMARTS) is 1. The Morgan fingerprint density at radius 2 is 2.05 bits per heavy atom. The molecule has 7 nitrogen and oxygen atoms in total. The zero-order valence-corrected chi connectivity index (χ0v) is 11.6. The number of ether oxygens (including phenoxy) is 2. The molecule has 3 rings (SSSR count). The van der Waals surface area contributed by atoms with Gasteiger partial charge in [0, 0.05) is 18.7 Å². The lowest BCUT2D eigenvalue weighted by molar-refractivity contribution is -0.137. The average Bonchev–Trinajstić information content (AvgIpc) is 2.80. The molecule has 1 atom stereocenters. The van der Waals surface area contributed by atoms with Crippen molar-refractivity contribution in [3.05, 3.63) is 18.0 Å². The summed E-state index contributed by atoms with van der Waals surface area (Å²) < 4.78 is 12.8. The number of imidazole rings is 1. The third kappa shape index (κ3) is 2.52. The minimum absolute atomic E-state index is 0.0420. The van der Waals surface area contributed by atoms with Crippen LogP contribution in [-0.4, -0.2) is 38.9 Å². The van der Waals surface area contributed by atoms with Gasteiger partial charge < -0.3 is 24.3 Å². The van der Waals surface area contributed by atoms with Gasteiger partial charge >= 0.3 is 5.97 Å². The lowest BCUT2D eigenvalue weighted by Gasteiger charge is -2.18. The Kier molecular flexibility index (Phi) is 3.42. The van der Waals surface area contributed by atoms with Crippen LogP contribution in [0, 0.1) is 0 Å². The van der Waals surface area contributed by atoms with Gasteiger partial charge in [0.1, 0.15) is 25.1 Å². The summed E-state index contributed by atoms with van der Waals surface area (Å²) in [5, 5.41) is 18.7. The maximum absolute atomic E-state index is 10.8. The number of aliphatic carboxylic acids is 1. The second-order valence-corrected chi connectivity index (χ2v) is 4.93. The predicted octanol–water partition coefficient (Wildman–Crippen LogP) is 1.34. The smallest absolute Gasteiger partial charge is 0.305 e. The Morgan fingerprint density at radius 1 is 1.38 bits per heavy atom. The summed E-state index contributed by atoms with van der Waals surface area (Å²) in [5.74, 6) is 0.774. The van der Waals surface area contributed by atoms with Gasteiger partial charge in [0.05, 0.1) is 17.5 Å². The summed E-state index contributed by atoms with van der Waals surface area (Å²) in [5.41, 5.74) is 1.39. The van der Waals surface area contributed by atoms with E-state index in [0.29, 0.717) is 36.1 Å². The van der Waals surface area contributed by atoms with Crippen molar-refractivity contribution in [2.24, 2.45) is 0 Å². The van der Waals surface area contributed by atoms with Crippen LogP contribution in [0.25, 0.3) is 11.0 Å². The lowest BCUT2D eigenvalue weighted by Crippen LogP contribution is -2.15. The van der Waals surface area contributed by atoms with Crippen LogP contribution < -0.4 is 9.47 Å². The number of hydrogen-bond donors (Lipinski definition) is 2. The average molecular weight is 292 g/mol. The largest absolute Gasteiger partial charge is 0.486 e. The molecule has 112 valence electrons. The van der Waals surface area contributed by atoms with E-state index in [0.717, 1.165) is 5.52 Å². The van der Waals surface area contributed by atoms with Crippen molar-refractivity contribution in [1.29, 1.82) is 0 Å². The number of aromatic nitrogens is 2. The van der Waals surface area contributed by atoms with Crippen molar-refractivity contribution < 1.29 is 24.5 Å². The Labute approximate surface area is 120 Å². The van der Waals surface area contributed by atoms with E-state index in [1.54, 1.807) is 23.6 Å². The highest BCUT2D eigenvalue weighted by molar-refractivity contribution is 5.81. The highest BCUT2D eigenvalue weighted by Gasteiger charge is 2.20. The van der Waals surface area contributed by atoms with E-state index in [2.05, 4.69) is 4.98 Å². The Morgan fingerprint density at radius 3 is 2.67 bits per heavy atom. The minimum Gasteiger partial charge on any atom is -0.486 e. The van der Waals surface area contributed by atoms with Crippen molar-refractivity contribution in [2.45, 2.75) is 26.0 Å². The Hall–Kier alpha value is -2.28. The first-order chi connectivity index (χ1) is 10.1. The maximum Gasteiger partial charge on any atom is 0.305 e. The number of benzene rings is 1. The number of hydrogen-bond acceptors (Lipinski definition) is 5. The van der Waals surface area contributed by atoms with Crippen LogP contribution in [0.1, 0.15) is 25.3 Å². The van der Waals surface area contributed by atoms with Crippen molar-refractivity contribution in [2.75, 3.05) is 13.2 Å². The maximum atomic E-state index is 10.8. The zero-order valence-electron chi connectivity index (χ0n) is 11.6. The van der Waals surface area contributed by atoms with Crippen molar-refractivity contribution in [3.8, 4) is 11.5 Å². The third-order valence-corrected chi connectivity index (χ3v) is 3.36. The van der Waals surface area contributed by atoms with E-state index in [4.69, 9.17) is 14.6 Å². The molecule has 21 heavy (non-hydrogen) atoms. The summed E-state index contributed by atoms with van der Waals surface area (Å²) in [6.45, 7) is 2.81. The highest BCUT2D eigenvalue weighted by Crippen LogP contribution is 2.35. The molecule has 0 saturated heterocycles. The van der Waals surface area contributed by atoms with Crippen LogP contribution in [-0.2, 0) is 11.3 Å². The molecule has 1 aromatic heterocycles. The van der Waals surface area contributed by atoms with E-state index in [1.807, 2.05) is 0 Å². The van der Waals surface area contributed by atoms with Gasteiger partial charge in [-0.15, -0.1) is 0 Å². The molecule has 2 heterocycles. The van der Waals surface area contributed by atoms with Crippen molar-refractivity contribution in [1.82, 2.24) is 9.55 Å². The fourth-order valence-corrected chi connectivity index (χ4v) is 2.44. The summed E-state index contributed by atoms with van der Waals surface area (Å²) in [4.78, 5) is 15.2. The predicted molar refractivity (Wildman–Crippen MR) is 73.6 cm³/mol. The van der Waals surface area contributed by atoms with Gasteiger partial charge in [-0.05, 0) is 6.92 Å². The molecule has 7 heteroatoms. The van der Waals surface area contributed by atoms with Crippen LogP contribution >= 0.6 is 0 Å². The molecular formula is C14H16N2O5. The Balaban J connectivity index is 2.11. The second kappa shape index (κ2) is 5.25. The fourth-order valence-electron chi connectivity index (χ4n) is 2.44. The first-order valence-corrected chi connectivity index (χ1v) is 6.76. The van der Waals surface area contributed by atoms with Gasteiger partial charge in [-0.25, -0.2) is 4.98 Å². The fraction of sp³-hybridized carbons (Fsp3) is 0.429. The minimum atomic E-state index is -0.897. The number of aliphatic hydroxyl groups excluding tert-OH is 1. The van der Waals surface area contributed by atoms with E-state index >= 15 is 0 Å². The standard InChI is InChI=1S/C14H16N2O5/c1-8(17)14-15-9-6-11-12(21-5-4-20-11)7-10(9)16(14)3-2-13(18)19/h6-8,17H,2-5H2,1H3,(H,18,19). The van der Waals surface area contributed by atoms with E-state index in [1.165, 1.54) is 0 Å². The molecule has 2 aromatic rings. The number of aliphatic hydroxyl groups is 1. The SMILES string of the molecule is CC(O)c1nc2cc3c(cc2n1CCC(=O)O)OCCO3. The van der Waals surface area contributed by atoms with Gasteiger partial charge in [0.2, 0.25) is 0 Å². The quantitative estimate of drug-likeness (QED) is 0.883. The molecule has 0 aliphatic carbocycles. The third-order valence-electron chi connectivity index (χ3n) is 3.36. The molecule has 1 aliphatic heterocycles. The molecule has 0 saturated carbocycles. The van der Waals surface area contributed by atoms with Crippen LogP contribution in [0.15, 0.2) is 12.1 Å². The molecule has 0 amide bonds. The van der Waals surface area contributed by atoms with Crippen LogP contribution in [0.2, 0.25) is 0 Å². The number of nitrogens with zero attached hydrogens (tertiary/aromatic N) is 2. The molecule has 2 N–H and O–H groups in total. The summed E-state index contributed by atoms with van der Waals surface area (Å²) in [7, 11) is 0. The normalized spacial score (nSPS) is 15.1. The number of carboxylic acids is 1. The van der Waals surface area contributed by atoms with Gasteiger partial charge in [0.25, 0.3) is 0 Å². The van der Waals surface area contributed by atoms with Crippen LogP contribution in [0.5, 0.6) is 11.5 Å². The molecular weight excluding hydrogens is 276 g/mol. The molecule has 0 spiro atoms. The molecule has 1 unspecified atom stereocenters. The summed E-state index contributed by atoms with van der Waals surface area (Å²) >= 11 is 0. The van der Waals surface area contributed by atoms with Crippen LogP contribution in [0.4, 0.5) is 0 Å². The van der Waals surface area contributed by atoms with Crippen molar-refractivity contribution >= 4 is 17.0 Å². The lowest BCUT2D eigenvalue weighted by atomic mass is 10.2. The van der Waals surface area contributed by atoms with Gasteiger partial charge in [-0.1, -0.05) is 0 Å². The molecule has 0 bridgehead atoms. The molecule has 0 radical (unpaired) electrons. The van der Waals surface area contributed by atoms with Gasteiger partial charge in [0.15, 0.2) is 11.5 Å².